The number of carbonyl (C=O) groups is 1. The number of nitrogens with one attached hydrogen (secondary N) is 1. The fraction of sp³-hybridized carbons (Fsp3) is 0.500. The maximum atomic E-state index is 12.1. The highest BCUT2D eigenvalue weighted by molar-refractivity contribution is 5.67. The second-order valence-electron chi connectivity index (χ2n) is 5.41. The lowest BCUT2D eigenvalue weighted by Crippen LogP contribution is -2.32. The van der Waals surface area contributed by atoms with Crippen LogP contribution in [0.5, 0.6) is 5.75 Å². The predicted octanol–water partition coefficient (Wildman–Crippen LogP) is 3.65. The molecule has 0 saturated heterocycles. The molecule has 0 aromatic heterocycles. The molecule has 118 valence electrons. The summed E-state index contributed by atoms with van der Waals surface area (Å²) in [6.45, 7) is 3.99. The summed E-state index contributed by atoms with van der Waals surface area (Å²) in [5.41, 5.74) is 0.00223. The van der Waals surface area contributed by atoms with Crippen LogP contribution in [0.1, 0.15) is 26.3 Å². The van der Waals surface area contributed by atoms with Gasteiger partial charge in [-0.3, -0.25) is 0 Å². The lowest BCUT2D eigenvalue weighted by molar-refractivity contribution is -0.153. The van der Waals surface area contributed by atoms with Crippen LogP contribution in [0.4, 0.5) is 18.0 Å². The van der Waals surface area contributed by atoms with E-state index in [4.69, 9.17) is 4.74 Å². The Labute approximate surface area is 121 Å². The zero-order valence-electron chi connectivity index (χ0n) is 12.1. The van der Waals surface area contributed by atoms with Crippen molar-refractivity contribution in [1.82, 2.24) is 5.32 Å². The summed E-state index contributed by atoms with van der Waals surface area (Å²) < 4.78 is 45.8. The van der Waals surface area contributed by atoms with E-state index < -0.39 is 24.5 Å². The second-order valence-corrected chi connectivity index (χ2v) is 5.41. The molecular formula is C14H18F3NO3. The van der Waals surface area contributed by atoms with Crippen molar-refractivity contribution in [3.8, 4) is 5.75 Å². The van der Waals surface area contributed by atoms with Crippen LogP contribution in [0, 0.1) is 0 Å². The number of hydrogen-bond donors (Lipinski definition) is 1. The third kappa shape index (κ3) is 8.06. The Bertz CT molecular complexity index is 481. The topological polar surface area (TPSA) is 47.6 Å². The highest BCUT2D eigenvalue weighted by Crippen LogP contribution is 2.19. The summed E-state index contributed by atoms with van der Waals surface area (Å²) in [6, 6.07) is 6.07. The van der Waals surface area contributed by atoms with Gasteiger partial charge in [-0.25, -0.2) is 4.79 Å². The first kappa shape index (κ1) is 17.1. The molecule has 0 spiro atoms. The number of alkyl halides is 3. The zero-order valence-corrected chi connectivity index (χ0v) is 12.1. The van der Waals surface area contributed by atoms with Crippen molar-refractivity contribution in [2.24, 2.45) is 0 Å². The van der Waals surface area contributed by atoms with Gasteiger partial charge in [0.2, 0.25) is 0 Å². The number of hydrogen-bond acceptors (Lipinski definition) is 3. The van der Waals surface area contributed by atoms with Gasteiger partial charge in [0, 0.05) is 6.54 Å². The Morgan fingerprint density at radius 2 is 1.90 bits per heavy atom. The van der Waals surface area contributed by atoms with Crippen LogP contribution < -0.4 is 10.1 Å². The highest BCUT2D eigenvalue weighted by Gasteiger charge is 2.28. The molecule has 0 atom stereocenters. The van der Waals surface area contributed by atoms with Crippen molar-refractivity contribution in [1.29, 1.82) is 0 Å². The van der Waals surface area contributed by atoms with E-state index >= 15 is 0 Å². The van der Waals surface area contributed by atoms with Crippen molar-refractivity contribution in [3.63, 3.8) is 0 Å². The number of alkyl carbamates (subject to hydrolysis) is 1. The van der Waals surface area contributed by atoms with Gasteiger partial charge in [-0.15, -0.1) is 0 Å². The van der Waals surface area contributed by atoms with E-state index in [0.717, 1.165) is 0 Å². The zero-order chi connectivity index (χ0) is 16.1. The van der Waals surface area contributed by atoms with Gasteiger partial charge in [-0.05, 0) is 38.5 Å². The lowest BCUT2D eigenvalue weighted by atomic mass is 10.2. The molecule has 0 bridgehead atoms. The Hall–Kier alpha value is -1.92. The van der Waals surface area contributed by atoms with Gasteiger partial charge in [0.05, 0.1) is 0 Å². The van der Waals surface area contributed by atoms with Crippen LogP contribution in [0.25, 0.3) is 0 Å². The van der Waals surface area contributed by atoms with E-state index in [1.807, 2.05) is 0 Å². The molecule has 0 aliphatic carbocycles. The highest BCUT2D eigenvalue weighted by atomic mass is 19.4. The number of benzene rings is 1. The molecule has 1 aromatic rings. The Balaban J connectivity index is 2.51. The molecule has 7 heteroatoms. The summed E-state index contributed by atoms with van der Waals surface area (Å²) in [6.07, 6.45) is -4.98. The van der Waals surface area contributed by atoms with Gasteiger partial charge in [0.15, 0.2) is 6.61 Å². The molecular weight excluding hydrogens is 287 g/mol. The molecule has 0 unspecified atom stereocenters. The van der Waals surface area contributed by atoms with Crippen molar-refractivity contribution in [2.75, 3.05) is 6.61 Å². The average molecular weight is 305 g/mol. The van der Waals surface area contributed by atoms with Gasteiger partial charge >= 0.3 is 12.3 Å². The monoisotopic (exact) mass is 305 g/mol. The van der Waals surface area contributed by atoms with Gasteiger partial charge in [-0.2, -0.15) is 13.2 Å². The first-order valence-electron chi connectivity index (χ1n) is 6.30. The molecule has 1 N–H and O–H groups in total. The van der Waals surface area contributed by atoms with E-state index in [0.29, 0.717) is 5.56 Å². The van der Waals surface area contributed by atoms with Gasteiger partial charge in [0.25, 0.3) is 0 Å². The fourth-order valence-electron chi connectivity index (χ4n) is 1.40. The minimum Gasteiger partial charge on any atom is -0.484 e. The van der Waals surface area contributed by atoms with Crippen LogP contribution in [0.2, 0.25) is 0 Å². The van der Waals surface area contributed by atoms with E-state index in [-0.39, 0.29) is 12.3 Å². The summed E-state index contributed by atoms with van der Waals surface area (Å²) in [4.78, 5) is 11.5. The third-order valence-corrected chi connectivity index (χ3v) is 2.14. The number of ether oxygens (including phenoxy) is 2. The number of rotatable bonds is 4. The van der Waals surface area contributed by atoms with Crippen LogP contribution in [-0.2, 0) is 11.3 Å². The molecule has 1 amide bonds. The largest absolute Gasteiger partial charge is 0.484 e. The molecule has 0 radical (unpaired) electrons. The van der Waals surface area contributed by atoms with E-state index in [1.165, 1.54) is 12.1 Å². The van der Waals surface area contributed by atoms with Crippen LogP contribution in [0.3, 0.4) is 0 Å². The second kappa shape index (κ2) is 6.69. The summed E-state index contributed by atoms with van der Waals surface area (Å²) >= 11 is 0. The standard InChI is InChI=1S/C14H18F3NO3/c1-13(2,3)21-12(19)18-8-10-5-4-6-11(7-10)20-9-14(15,16)17/h4-7H,8-9H2,1-3H3,(H,18,19). The number of carbonyl (C=O) groups excluding carboxylic acids is 1. The van der Waals surface area contributed by atoms with Crippen molar-refractivity contribution >= 4 is 6.09 Å². The maximum absolute atomic E-state index is 12.1. The molecule has 0 aliphatic rings. The van der Waals surface area contributed by atoms with Crippen molar-refractivity contribution in [2.45, 2.75) is 39.1 Å². The molecule has 4 nitrogen and oxygen atoms in total. The maximum Gasteiger partial charge on any atom is 0.422 e. The number of halogens is 3. The molecule has 21 heavy (non-hydrogen) atoms. The minimum atomic E-state index is -4.38. The fourth-order valence-corrected chi connectivity index (χ4v) is 1.40. The SMILES string of the molecule is CC(C)(C)OC(=O)NCc1cccc(OCC(F)(F)F)c1. The van der Waals surface area contributed by atoms with Crippen molar-refractivity contribution < 1.29 is 27.4 Å². The molecule has 1 rings (SSSR count). The first-order chi connectivity index (χ1) is 9.55. The molecule has 0 saturated carbocycles. The smallest absolute Gasteiger partial charge is 0.422 e. The molecule has 0 fully saturated rings. The van der Waals surface area contributed by atoms with E-state index in [2.05, 4.69) is 10.1 Å². The van der Waals surface area contributed by atoms with Gasteiger partial charge in [-0.1, -0.05) is 12.1 Å². The predicted molar refractivity (Wildman–Crippen MR) is 71.1 cm³/mol. The Kier molecular flexibility index (Phi) is 5.46. The number of amides is 1. The molecule has 0 heterocycles. The normalized spacial score (nSPS) is 11.9. The first-order valence-corrected chi connectivity index (χ1v) is 6.30. The van der Waals surface area contributed by atoms with Crippen molar-refractivity contribution in [3.05, 3.63) is 29.8 Å². The molecule has 1 aromatic carbocycles. The lowest BCUT2D eigenvalue weighted by Gasteiger charge is -2.19. The summed E-state index contributed by atoms with van der Waals surface area (Å²) in [7, 11) is 0. The summed E-state index contributed by atoms with van der Waals surface area (Å²) in [5.74, 6) is 0.0933. The van der Waals surface area contributed by atoms with Gasteiger partial charge < -0.3 is 14.8 Å². The van der Waals surface area contributed by atoms with Crippen LogP contribution in [0.15, 0.2) is 24.3 Å². The quantitative estimate of drug-likeness (QED) is 0.923. The average Bonchev–Trinajstić information content (AvgIpc) is 2.32. The van der Waals surface area contributed by atoms with E-state index in [1.54, 1.807) is 32.9 Å². The van der Waals surface area contributed by atoms with E-state index in [9.17, 15) is 18.0 Å². The van der Waals surface area contributed by atoms with Gasteiger partial charge in [0.1, 0.15) is 11.4 Å². The summed E-state index contributed by atoms with van der Waals surface area (Å²) in [5, 5.41) is 2.52. The third-order valence-electron chi connectivity index (χ3n) is 2.14. The minimum absolute atomic E-state index is 0.0933. The molecule has 0 aliphatic heterocycles. The Morgan fingerprint density at radius 1 is 1.24 bits per heavy atom. The van der Waals surface area contributed by atoms with Crippen LogP contribution >= 0.6 is 0 Å². The Morgan fingerprint density at radius 3 is 2.48 bits per heavy atom. The van der Waals surface area contributed by atoms with Crippen LogP contribution in [-0.4, -0.2) is 24.5 Å².